The molecule has 5 N–H and O–H groups in total. The van der Waals surface area contributed by atoms with E-state index >= 15 is 0 Å². The van der Waals surface area contributed by atoms with E-state index in [4.69, 9.17) is 5.73 Å². The van der Waals surface area contributed by atoms with Crippen molar-refractivity contribution in [1.29, 1.82) is 0 Å². The molecular weight excluding hydrogens is 538 g/mol. The highest BCUT2D eigenvalue weighted by Gasteiger charge is 2.60. The normalized spacial score (nSPS) is 32.0. The van der Waals surface area contributed by atoms with Crippen LogP contribution in [0.4, 0.5) is 0 Å². The number of carbonyl (C=O) groups is 3. The van der Waals surface area contributed by atoms with Crippen molar-refractivity contribution in [3.05, 3.63) is 16.9 Å². The van der Waals surface area contributed by atoms with Crippen molar-refractivity contribution in [2.45, 2.75) is 62.0 Å². The summed E-state index contributed by atoms with van der Waals surface area (Å²) in [6.45, 7) is 5.15. The minimum absolute atomic E-state index is 0.00532. The molecule has 38 heavy (non-hydrogen) atoms. The summed E-state index contributed by atoms with van der Waals surface area (Å²) >= 11 is 1.38. The molecule has 0 spiro atoms. The number of hydrogen-bond acceptors (Lipinski definition) is 11. The van der Waals surface area contributed by atoms with Gasteiger partial charge in [0.1, 0.15) is 5.70 Å². The first kappa shape index (κ1) is 27.0. The highest BCUT2D eigenvalue weighted by molar-refractivity contribution is 8.03. The van der Waals surface area contributed by atoms with Crippen LogP contribution in [0.2, 0.25) is 0 Å². The number of nitrogens with two attached hydrogens (primary N) is 1. The number of thioether (sulfide) groups is 1. The molecular formula is C21H31N9O6S2. The van der Waals surface area contributed by atoms with Crippen molar-refractivity contribution in [3.63, 3.8) is 0 Å². The van der Waals surface area contributed by atoms with Crippen LogP contribution in [0.5, 0.6) is 0 Å². The maximum atomic E-state index is 13.1. The van der Waals surface area contributed by atoms with Crippen LogP contribution in [-0.4, -0.2) is 110 Å². The Kier molecular flexibility index (Phi) is 7.23. The molecule has 7 atom stereocenters. The van der Waals surface area contributed by atoms with Gasteiger partial charge in [-0.1, -0.05) is 6.92 Å². The number of β-lactam (4-membered cyclic amide) rings is 1. The molecule has 1 aromatic heterocycles. The fourth-order valence-electron chi connectivity index (χ4n) is 5.86. The number of tetrazole rings is 1. The quantitative estimate of drug-likeness (QED) is 0.232. The van der Waals surface area contributed by atoms with Gasteiger partial charge in [0.25, 0.3) is 0 Å². The van der Waals surface area contributed by atoms with Crippen LogP contribution in [0, 0.1) is 11.8 Å². The van der Waals surface area contributed by atoms with E-state index in [2.05, 4.69) is 25.4 Å². The molecule has 17 heteroatoms. The van der Waals surface area contributed by atoms with Gasteiger partial charge in [0, 0.05) is 47.8 Å². The van der Waals surface area contributed by atoms with Crippen LogP contribution >= 0.6 is 11.8 Å². The summed E-state index contributed by atoms with van der Waals surface area (Å²) in [6, 6.07) is -1.63. The number of likely N-dealkylation sites (tertiary alicyclic amines) is 1. The molecule has 0 bridgehead atoms. The summed E-state index contributed by atoms with van der Waals surface area (Å²) in [5, 5.41) is 23.9. The second-order valence-electron chi connectivity index (χ2n) is 10.3. The van der Waals surface area contributed by atoms with Gasteiger partial charge in [0.15, 0.2) is 12.2 Å². The SMILES string of the molecule is C[C@@H](NS(=O)(=O)Cn1ncnn1)[C@H]1C(=O)N2C(C(=O)O)=C(S[C@@H]3CN[C@H](C(=O)N4CC[C@@H](N)C4)C3)[C@H](C)[C@H]12. The third-order valence-corrected chi connectivity index (χ3v) is 10.4. The van der Waals surface area contributed by atoms with Gasteiger partial charge in [0.05, 0.1) is 18.0 Å². The summed E-state index contributed by atoms with van der Waals surface area (Å²) in [4.78, 5) is 42.8. The molecule has 5 rings (SSSR count). The van der Waals surface area contributed by atoms with E-state index in [0.29, 0.717) is 31.0 Å². The summed E-state index contributed by atoms with van der Waals surface area (Å²) in [6.07, 6.45) is 2.43. The van der Waals surface area contributed by atoms with E-state index in [1.807, 2.05) is 6.92 Å². The molecule has 0 unspecified atom stereocenters. The number of aromatic nitrogens is 4. The monoisotopic (exact) mass is 569 g/mol. The zero-order chi connectivity index (χ0) is 27.4. The smallest absolute Gasteiger partial charge is 0.353 e. The molecule has 208 valence electrons. The van der Waals surface area contributed by atoms with Crippen LogP contribution in [0.3, 0.4) is 0 Å². The molecule has 4 aliphatic rings. The van der Waals surface area contributed by atoms with E-state index in [1.54, 1.807) is 11.8 Å². The maximum Gasteiger partial charge on any atom is 0.353 e. The number of nitrogens with one attached hydrogen (secondary N) is 2. The van der Waals surface area contributed by atoms with Gasteiger partial charge in [0.2, 0.25) is 21.8 Å². The summed E-state index contributed by atoms with van der Waals surface area (Å²) in [5.74, 6) is -3.24. The topological polar surface area (TPSA) is 206 Å². The van der Waals surface area contributed by atoms with Gasteiger partial charge in [-0.3, -0.25) is 9.59 Å². The van der Waals surface area contributed by atoms with Crippen molar-refractivity contribution in [2.24, 2.45) is 17.6 Å². The van der Waals surface area contributed by atoms with Gasteiger partial charge < -0.3 is 26.0 Å². The molecule has 3 saturated heterocycles. The number of hydrogen-bond donors (Lipinski definition) is 4. The largest absolute Gasteiger partial charge is 0.477 e. The zero-order valence-corrected chi connectivity index (χ0v) is 22.6. The lowest BCUT2D eigenvalue weighted by atomic mass is 9.78. The van der Waals surface area contributed by atoms with Crippen LogP contribution < -0.4 is 15.8 Å². The average molecular weight is 570 g/mol. The van der Waals surface area contributed by atoms with E-state index < -0.39 is 45.8 Å². The first-order valence-electron chi connectivity index (χ1n) is 12.4. The number of aliphatic carboxylic acids is 1. The van der Waals surface area contributed by atoms with Crippen molar-refractivity contribution < 1.29 is 27.9 Å². The molecule has 1 aromatic rings. The first-order chi connectivity index (χ1) is 18.0. The number of fused-ring (bicyclic) bond motifs is 1. The summed E-state index contributed by atoms with van der Waals surface area (Å²) in [5.41, 5.74) is 5.88. The molecule has 0 radical (unpaired) electrons. The molecule has 2 amide bonds. The Hall–Kier alpha value is -2.60. The Labute approximate surface area is 223 Å². The highest BCUT2D eigenvalue weighted by Crippen LogP contribution is 2.52. The van der Waals surface area contributed by atoms with Gasteiger partial charge in [-0.05, 0) is 25.0 Å². The Bertz CT molecular complexity index is 1260. The number of sulfonamides is 1. The minimum atomic E-state index is -3.89. The number of amides is 2. The fourth-order valence-corrected chi connectivity index (χ4v) is 8.55. The van der Waals surface area contributed by atoms with Crippen molar-refractivity contribution in [3.8, 4) is 0 Å². The van der Waals surface area contributed by atoms with Crippen LogP contribution in [0.25, 0.3) is 0 Å². The van der Waals surface area contributed by atoms with Crippen molar-refractivity contribution >= 4 is 39.6 Å². The van der Waals surface area contributed by atoms with Crippen LogP contribution in [0.15, 0.2) is 16.9 Å². The molecule has 0 aromatic carbocycles. The van der Waals surface area contributed by atoms with Crippen molar-refractivity contribution in [1.82, 2.24) is 40.0 Å². The fraction of sp³-hybridized carbons (Fsp3) is 0.714. The van der Waals surface area contributed by atoms with Gasteiger partial charge in [-0.2, -0.15) is 0 Å². The molecule has 15 nitrogen and oxygen atoms in total. The van der Waals surface area contributed by atoms with Gasteiger partial charge >= 0.3 is 5.97 Å². The Balaban J connectivity index is 1.25. The number of nitrogens with zero attached hydrogens (tertiary/aromatic N) is 6. The van der Waals surface area contributed by atoms with Crippen LogP contribution in [-0.2, 0) is 30.3 Å². The lowest BCUT2D eigenvalue weighted by Crippen LogP contribution is -2.66. The van der Waals surface area contributed by atoms with E-state index in [1.165, 1.54) is 16.7 Å². The average Bonchev–Trinajstić information content (AvgIpc) is 3.62. The second kappa shape index (κ2) is 10.2. The number of carbonyl (C=O) groups excluding carboxylic acids is 2. The van der Waals surface area contributed by atoms with E-state index in [0.717, 1.165) is 17.5 Å². The summed E-state index contributed by atoms with van der Waals surface area (Å²) in [7, 11) is -3.89. The highest BCUT2D eigenvalue weighted by atomic mass is 32.2. The first-order valence-corrected chi connectivity index (χ1v) is 15.0. The predicted octanol–water partition coefficient (Wildman–Crippen LogP) is -2.27. The Morgan fingerprint density at radius 2 is 2.16 bits per heavy atom. The lowest BCUT2D eigenvalue weighted by molar-refractivity contribution is -0.157. The molecule has 0 saturated carbocycles. The van der Waals surface area contributed by atoms with Gasteiger partial charge in [-0.15, -0.1) is 26.8 Å². The molecule has 5 heterocycles. The van der Waals surface area contributed by atoms with Crippen molar-refractivity contribution in [2.75, 3.05) is 19.6 Å². The summed E-state index contributed by atoms with van der Waals surface area (Å²) < 4.78 is 27.7. The predicted molar refractivity (Wildman–Crippen MR) is 134 cm³/mol. The Morgan fingerprint density at radius 1 is 1.39 bits per heavy atom. The number of rotatable bonds is 9. The zero-order valence-electron chi connectivity index (χ0n) is 20.9. The Morgan fingerprint density at radius 3 is 2.79 bits per heavy atom. The second-order valence-corrected chi connectivity index (χ2v) is 13.3. The van der Waals surface area contributed by atoms with E-state index in [-0.39, 0.29) is 34.9 Å². The third kappa shape index (κ3) is 4.92. The molecule has 0 aliphatic carbocycles. The molecule has 3 fully saturated rings. The standard InChI is InChI=1S/C21H31N9O6S2/c1-10-16-15(11(2)26-38(35,36)9-29-25-8-24-27-29)20(32)30(16)17(21(33)34)18(10)37-13-5-14(23-6-13)19(31)28-4-3-12(22)7-28/h8,10-16,23,26H,3-7,9,22H2,1-2H3,(H,33,34)/t10-,11-,12-,13+,14+,15-,16-/m1/s1. The third-order valence-electron chi connectivity index (χ3n) is 7.59. The van der Waals surface area contributed by atoms with Crippen LogP contribution in [0.1, 0.15) is 26.7 Å². The number of carboxylic acid groups (broad SMARTS) is 1. The van der Waals surface area contributed by atoms with Gasteiger partial charge in [-0.25, -0.2) is 17.9 Å². The number of carboxylic acids is 1. The van der Waals surface area contributed by atoms with E-state index in [9.17, 15) is 27.9 Å². The minimum Gasteiger partial charge on any atom is -0.477 e. The molecule has 4 aliphatic heterocycles. The maximum absolute atomic E-state index is 13.1. The lowest BCUT2D eigenvalue weighted by Gasteiger charge is -2.47.